The third kappa shape index (κ3) is 4.00. The van der Waals surface area contributed by atoms with E-state index in [0.717, 1.165) is 6.61 Å². The standard InChI is InChI=1S/C12H19NO4S2/c1-9-8-18-11(6-14)12(9)19(15,16)13-4-5-17-7-10-2-3-10/h8,10,13-14H,2-7H2,1H3. The molecule has 1 aromatic heterocycles. The van der Waals surface area contributed by atoms with Crippen molar-refractivity contribution >= 4 is 21.4 Å². The highest BCUT2D eigenvalue weighted by Crippen LogP contribution is 2.28. The second-order valence-electron chi connectivity index (χ2n) is 4.75. The van der Waals surface area contributed by atoms with Crippen molar-refractivity contribution < 1.29 is 18.3 Å². The molecule has 1 fully saturated rings. The lowest BCUT2D eigenvalue weighted by Gasteiger charge is -2.08. The Morgan fingerprint density at radius 2 is 2.26 bits per heavy atom. The van der Waals surface area contributed by atoms with Gasteiger partial charge in [0.2, 0.25) is 10.0 Å². The zero-order valence-corrected chi connectivity index (χ0v) is 12.5. The number of aliphatic hydroxyl groups is 1. The Morgan fingerprint density at radius 3 is 2.89 bits per heavy atom. The van der Waals surface area contributed by atoms with Crippen LogP contribution in [0.1, 0.15) is 23.3 Å². The highest BCUT2D eigenvalue weighted by Gasteiger charge is 2.23. The SMILES string of the molecule is Cc1csc(CO)c1S(=O)(=O)NCCOCC1CC1. The zero-order chi connectivity index (χ0) is 13.9. The van der Waals surface area contributed by atoms with Crippen LogP contribution in [0, 0.1) is 12.8 Å². The predicted octanol–water partition coefficient (Wildman–Crippen LogP) is 1.25. The maximum Gasteiger partial charge on any atom is 0.242 e. The van der Waals surface area contributed by atoms with Crippen molar-refractivity contribution in [3.05, 3.63) is 15.8 Å². The molecule has 5 nitrogen and oxygen atoms in total. The largest absolute Gasteiger partial charge is 0.391 e. The minimum absolute atomic E-state index is 0.210. The van der Waals surface area contributed by atoms with Gasteiger partial charge in [-0.3, -0.25) is 0 Å². The molecule has 0 spiro atoms. The molecule has 2 N–H and O–H groups in total. The van der Waals surface area contributed by atoms with Crippen LogP contribution >= 0.6 is 11.3 Å². The van der Waals surface area contributed by atoms with Gasteiger partial charge < -0.3 is 9.84 Å². The molecule has 1 aliphatic carbocycles. The number of thiophene rings is 1. The summed E-state index contributed by atoms with van der Waals surface area (Å²) in [6.07, 6.45) is 2.44. The smallest absolute Gasteiger partial charge is 0.242 e. The van der Waals surface area contributed by atoms with E-state index < -0.39 is 10.0 Å². The molecular weight excluding hydrogens is 286 g/mol. The van der Waals surface area contributed by atoms with Gasteiger partial charge in [-0.1, -0.05) is 0 Å². The maximum atomic E-state index is 12.1. The lowest BCUT2D eigenvalue weighted by Crippen LogP contribution is -2.28. The van der Waals surface area contributed by atoms with Gasteiger partial charge in [0, 0.05) is 13.2 Å². The van der Waals surface area contributed by atoms with Crippen molar-refractivity contribution in [2.75, 3.05) is 19.8 Å². The van der Waals surface area contributed by atoms with E-state index in [9.17, 15) is 8.42 Å². The number of nitrogens with one attached hydrogen (secondary N) is 1. The molecule has 19 heavy (non-hydrogen) atoms. The summed E-state index contributed by atoms with van der Waals surface area (Å²) < 4.78 is 32.2. The van der Waals surface area contributed by atoms with Gasteiger partial charge in [0.25, 0.3) is 0 Å². The van der Waals surface area contributed by atoms with Crippen LogP contribution in [-0.2, 0) is 21.4 Å². The molecule has 0 saturated heterocycles. The highest BCUT2D eigenvalue weighted by molar-refractivity contribution is 7.89. The molecule has 2 rings (SSSR count). The van der Waals surface area contributed by atoms with E-state index in [1.54, 1.807) is 12.3 Å². The van der Waals surface area contributed by atoms with E-state index in [1.165, 1.54) is 24.2 Å². The van der Waals surface area contributed by atoms with Gasteiger partial charge in [0.05, 0.1) is 18.1 Å². The van der Waals surface area contributed by atoms with Crippen LogP contribution in [0.4, 0.5) is 0 Å². The van der Waals surface area contributed by atoms with Crippen LogP contribution in [0.3, 0.4) is 0 Å². The Bertz CT molecular complexity index is 520. The number of hydrogen-bond acceptors (Lipinski definition) is 5. The van der Waals surface area contributed by atoms with Crippen molar-refractivity contribution in [1.82, 2.24) is 4.72 Å². The van der Waals surface area contributed by atoms with Gasteiger partial charge in [0.1, 0.15) is 4.90 Å². The molecule has 1 saturated carbocycles. The summed E-state index contributed by atoms with van der Waals surface area (Å²) in [5.41, 5.74) is 0.667. The number of ether oxygens (including phenoxy) is 1. The maximum absolute atomic E-state index is 12.1. The number of hydrogen-bond donors (Lipinski definition) is 2. The molecule has 0 aliphatic heterocycles. The summed E-state index contributed by atoms with van der Waals surface area (Å²) in [5, 5.41) is 10.9. The molecule has 108 valence electrons. The van der Waals surface area contributed by atoms with Gasteiger partial charge in [-0.25, -0.2) is 13.1 Å². The molecule has 0 radical (unpaired) electrons. The minimum Gasteiger partial charge on any atom is -0.391 e. The van der Waals surface area contributed by atoms with Gasteiger partial charge >= 0.3 is 0 Å². The number of aryl methyl sites for hydroxylation is 1. The first-order valence-electron chi connectivity index (χ1n) is 6.30. The summed E-state index contributed by atoms with van der Waals surface area (Å²) in [4.78, 5) is 0.686. The normalized spacial score (nSPS) is 15.9. The zero-order valence-electron chi connectivity index (χ0n) is 10.9. The molecule has 1 heterocycles. The van der Waals surface area contributed by atoms with Crippen molar-refractivity contribution in [2.45, 2.75) is 31.3 Å². The summed E-state index contributed by atoms with van der Waals surface area (Å²) in [5.74, 6) is 0.678. The first kappa shape index (κ1) is 14.9. The molecule has 0 atom stereocenters. The Balaban J connectivity index is 1.87. The molecule has 1 aromatic rings. The fraction of sp³-hybridized carbons (Fsp3) is 0.667. The first-order chi connectivity index (χ1) is 9.04. The van der Waals surface area contributed by atoms with Crippen LogP contribution in [0.15, 0.2) is 10.3 Å². The summed E-state index contributed by atoms with van der Waals surface area (Å²) in [6, 6.07) is 0. The molecule has 0 aromatic carbocycles. The lowest BCUT2D eigenvalue weighted by molar-refractivity contribution is 0.129. The molecule has 0 amide bonds. The average Bonchev–Trinajstić information content (AvgIpc) is 3.10. The molecule has 0 unspecified atom stereocenters. The second kappa shape index (κ2) is 6.32. The Morgan fingerprint density at radius 1 is 1.53 bits per heavy atom. The summed E-state index contributed by atoms with van der Waals surface area (Å²) >= 11 is 1.26. The third-order valence-corrected chi connectivity index (χ3v) is 5.90. The monoisotopic (exact) mass is 305 g/mol. The van der Waals surface area contributed by atoms with E-state index in [2.05, 4.69) is 4.72 Å². The van der Waals surface area contributed by atoms with Gasteiger partial charge in [-0.15, -0.1) is 11.3 Å². The van der Waals surface area contributed by atoms with Crippen LogP contribution in [0.2, 0.25) is 0 Å². The Labute approximate surface area is 117 Å². The first-order valence-corrected chi connectivity index (χ1v) is 8.66. The van der Waals surface area contributed by atoms with Crippen LogP contribution in [0.5, 0.6) is 0 Å². The van der Waals surface area contributed by atoms with Crippen molar-refractivity contribution in [3.8, 4) is 0 Å². The number of rotatable bonds is 8. The fourth-order valence-electron chi connectivity index (χ4n) is 1.81. The van der Waals surface area contributed by atoms with Crippen LogP contribution in [-0.4, -0.2) is 33.3 Å². The third-order valence-electron chi connectivity index (χ3n) is 2.99. The number of aliphatic hydroxyl groups excluding tert-OH is 1. The Kier molecular flexibility index (Phi) is 4.97. The lowest BCUT2D eigenvalue weighted by atomic mass is 10.3. The molecule has 7 heteroatoms. The number of sulfonamides is 1. The fourth-order valence-corrected chi connectivity index (χ4v) is 4.48. The quantitative estimate of drug-likeness (QED) is 0.709. The minimum atomic E-state index is -3.56. The van der Waals surface area contributed by atoms with E-state index >= 15 is 0 Å². The van der Waals surface area contributed by atoms with Gasteiger partial charge in [-0.2, -0.15) is 0 Å². The van der Waals surface area contributed by atoms with E-state index in [0.29, 0.717) is 23.0 Å². The predicted molar refractivity (Wildman–Crippen MR) is 73.7 cm³/mol. The van der Waals surface area contributed by atoms with E-state index in [1.807, 2.05) is 0 Å². The molecular formula is C12H19NO4S2. The molecule has 0 bridgehead atoms. The van der Waals surface area contributed by atoms with Crippen LogP contribution < -0.4 is 4.72 Å². The summed E-state index contributed by atoms with van der Waals surface area (Å²) in [6.45, 7) is 2.84. The summed E-state index contributed by atoms with van der Waals surface area (Å²) in [7, 11) is -3.56. The topological polar surface area (TPSA) is 75.6 Å². The van der Waals surface area contributed by atoms with Gasteiger partial charge in [-0.05, 0) is 36.6 Å². The van der Waals surface area contributed by atoms with Crippen molar-refractivity contribution in [2.24, 2.45) is 5.92 Å². The average molecular weight is 305 g/mol. The van der Waals surface area contributed by atoms with Crippen molar-refractivity contribution in [3.63, 3.8) is 0 Å². The van der Waals surface area contributed by atoms with Crippen molar-refractivity contribution in [1.29, 1.82) is 0 Å². The van der Waals surface area contributed by atoms with Gasteiger partial charge in [0.15, 0.2) is 0 Å². The highest BCUT2D eigenvalue weighted by atomic mass is 32.2. The van der Waals surface area contributed by atoms with E-state index in [4.69, 9.17) is 9.84 Å². The molecule has 1 aliphatic rings. The van der Waals surface area contributed by atoms with E-state index in [-0.39, 0.29) is 18.0 Å². The van der Waals surface area contributed by atoms with Crippen LogP contribution in [0.25, 0.3) is 0 Å². The second-order valence-corrected chi connectivity index (χ2v) is 7.41. The Hall–Kier alpha value is -0.470.